The molecule has 0 spiro atoms. The molecule has 1 N–H and O–H groups in total. The van der Waals surface area contributed by atoms with E-state index < -0.39 is 0 Å². The molecule has 0 bridgehead atoms. The van der Waals surface area contributed by atoms with Gasteiger partial charge >= 0.3 is 0 Å². The van der Waals surface area contributed by atoms with Crippen LogP contribution in [0.25, 0.3) is 16.5 Å². The van der Waals surface area contributed by atoms with E-state index in [1.807, 2.05) is 79.7 Å². The van der Waals surface area contributed by atoms with Gasteiger partial charge in [0.2, 0.25) is 5.91 Å². The molecule has 38 heavy (non-hydrogen) atoms. The smallest absolute Gasteiger partial charge is 0.254 e. The first kappa shape index (κ1) is 27.1. The number of hydrogen-bond donors (Lipinski definition) is 1. The highest BCUT2D eigenvalue weighted by Gasteiger charge is 2.24. The number of methoxy groups -OCH3 is 1. The average molecular weight is 513 g/mol. The van der Waals surface area contributed by atoms with Gasteiger partial charge in [0, 0.05) is 37.3 Å². The molecule has 7 heteroatoms. The molecule has 7 nitrogen and oxygen atoms in total. The van der Waals surface area contributed by atoms with Gasteiger partial charge in [0.15, 0.2) is 0 Å². The van der Waals surface area contributed by atoms with Crippen LogP contribution in [0.4, 0.5) is 5.82 Å². The predicted molar refractivity (Wildman–Crippen MR) is 152 cm³/mol. The van der Waals surface area contributed by atoms with Crippen LogP contribution in [-0.2, 0) is 14.9 Å². The van der Waals surface area contributed by atoms with Gasteiger partial charge in [-0.2, -0.15) is 5.10 Å². The Labute approximate surface area is 224 Å². The minimum Gasteiger partial charge on any atom is -0.385 e. The van der Waals surface area contributed by atoms with Gasteiger partial charge in [-0.1, -0.05) is 75.4 Å². The molecule has 0 aliphatic carbocycles. The molecule has 0 radical (unpaired) electrons. The zero-order chi connectivity index (χ0) is 27.3. The lowest BCUT2D eigenvalue weighted by atomic mass is 9.92. The van der Waals surface area contributed by atoms with E-state index in [1.165, 1.54) is 0 Å². The molecule has 0 aliphatic rings. The normalized spacial score (nSPS) is 11.5. The van der Waals surface area contributed by atoms with Crippen LogP contribution in [0.2, 0.25) is 0 Å². The van der Waals surface area contributed by atoms with E-state index in [2.05, 4.69) is 26.1 Å². The maximum atomic E-state index is 13.7. The molecular weight excluding hydrogens is 476 g/mol. The monoisotopic (exact) mass is 512 g/mol. The quantitative estimate of drug-likeness (QED) is 0.290. The van der Waals surface area contributed by atoms with Crippen molar-refractivity contribution < 1.29 is 14.3 Å². The Balaban J connectivity index is 1.62. The SMILES string of the molecule is COCCCN(CC(=O)Nc1cc(C(C)(C)C)nn1-c1ccccc1C)C(=O)c1cccc2ccccc12. The van der Waals surface area contributed by atoms with Crippen LogP contribution in [0.5, 0.6) is 0 Å². The Kier molecular flexibility index (Phi) is 8.27. The molecule has 4 aromatic rings. The third-order valence-corrected chi connectivity index (χ3v) is 6.51. The van der Waals surface area contributed by atoms with Gasteiger partial charge in [-0.25, -0.2) is 4.68 Å². The molecule has 0 saturated heterocycles. The number of rotatable bonds is 9. The summed E-state index contributed by atoms with van der Waals surface area (Å²) >= 11 is 0. The van der Waals surface area contributed by atoms with Crippen LogP contribution >= 0.6 is 0 Å². The second kappa shape index (κ2) is 11.6. The zero-order valence-corrected chi connectivity index (χ0v) is 22.8. The maximum absolute atomic E-state index is 13.7. The number of fused-ring (bicyclic) bond motifs is 1. The standard InChI is InChI=1S/C31H36N4O3/c1-22-12-6-9-17-26(22)35-28(20-27(33-35)31(2,3)4)32-29(36)21-34(18-11-19-38-5)30(37)25-16-10-14-23-13-7-8-15-24(23)25/h6-10,12-17,20H,11,18-19,21H2,1-5H3,(H,32,36). The molecule has 0 aliphatic heterocycles. The number of benzene rings is 3. The van der Waals surface area contributed by atoms with Crippen molar-refractivity contribution in [1.82, 2.24) is 14.7 Å². The predicted octanol–water partition coefficient (Wildman–Crippen LogP) is 5.75. The summed E-state index contributed by atoms with van der Waals surface area (Å²) < 4.78 is 6.98. The summed E-state index contributed by atoms with van der Waals surface area (Å²) in [5.41, 5.74) is 3.17. The van der Waals surface area contributed by atoms with Gasteiger partial charge < -0.3 is 15.0 Å². The van der Waals surface area contributed by atoms with Crippen molar-refractivity contribution in [3.8, 4) is 5.69 Å². The maximum Gasteiger partial charge on any atom is 0.254 e. The van der Waals surface area contributed by atoms with Crippen molar-refractivity contribution >= 4 is 28.4 Å². The lowest BCUT2D eigenvalue weighted by Gasteiger charge is -2.23. The number of ether oxygens (including phenoxy) is 1. The molecule has 2 amide bonds. The second-order valence-electron chi connectivity index (χ2n) is 10.5. The number of carbonyl (C=O) groups is 2. The van der Waals surface area contributed by atoms with Gasteiger partial charge in [-0.3, -0.25) is 9.59 Å². The topological polar surface area (TPSA) is 76.5 Å². The highest BCUT2D eigenvalue weighted by molar-refractivity contribution is 6.08. The van der Waals surface area contributed by atoms with E-state index in [-0.39, 0.29) is 23.8 Å². The number of aromatic nitrogens is 2. The summed E-state index contributed by atoms with van der Waals surface area (Å²) in [5, 5.41) is 9.70. The molecule has 3 aromatic carbocycles. The largest absolute Gasteiger partial charge is 0.385 e. The van der Waals surface area contributed by atoms with Crippen molar-refractivity contribution in [2.75, 3.05) is 32.1 Å². The summed E-state index contributed by atoms with van der Waals surface area (Å²) in [4.78, 5) is 28.7. The van der Waals surface area contributed by atoms with Gasteiger partial charge in [0.05, 0.1) is 11.4 Å². The number of amides is 2. The zero-order valence-electron chi connectivity index (χ0n) is 22.8. The summed E-state index contributed by atoms with van der Waals surface area (Å²) in [5.74, 6) is 0.103. The third-order valence-electron chi connectivity index (χ3n) is 6.51. The van der Waals surface area contributed by atoms with Crippen LogP contribution < -0.4 is 5.32 Å². The van der Waals surface area contributed by atoms with E-state index in [0.717, 1.165) is 27.7 Å². The highest BCUT2D eigenvalue weighted by Crippen LogP contribution is 2.27. The van der Waals surface area contributed by atoms with Crippen LogP contribution in [0.15, 0.2) is 72.8 Å². The summed E-state index contributed by atoms with van der Waals surface area (Å²) in [6, 6.07) is 23.3. The minimum atomic E-state index is -0.286. The fourth-order valence-electron chi connectivity index (χ4n) is 4.41. The summed E-state index contributed by atoms with van der Waals surface area (Å²) in [6.07, 6.45) is 0.621. The van der Waals surface area contributed by atoms with Crippen molar-refractivity contribution in [3.63, 3.8) is 0 Å². The van der Waals surface area contributed by atoms with Gasteiger partial charge in [-0.15, -0.1) is 0 Å². The molecular formula is C31H36N4O3. The Morgan fingerprint density at radius 2 is 1.71 bits per heavy atom. The molecule has 0 atom stereocenters. The molecule has 4 rings (SSSR count). The van der Waals surface area contributed by atoms with Crippen molar-refractivity contribution in [1.29, 1.82) is 0 Å². The van der Waals surface area contributed by atoms with E-state index in [4.69, 9.17) is 9.84 Å². The summed E-state index contributed by atoms with van der Waals surface area (Å²) in [7, 11) is 1.63. The Hall–Kier alpha value is -3.97. The Morgan fingerprint density at radius 3 is 2.45 bits per heavy atom. The lowest BCUT2D eigenvalue weighted by Crippen LogP contribution is -2.39. The van der Waals surface area contributed by atoms with Crippen molar-refractivity contribution in [3.05, 3.63) is 89.6 Å². The number of carbonyl (C=O) groups excluding carboxylic acids is 2. The van der Waals surface area contributed by atoms with E-state index in [9.17, 15) is 9.59 Å². The fraction of sp³-hybridized carbons (Fsp3) is 0.323. The molecule has 198 valence electrons. The highest BCUT2D eigenvalue weighted by atomic mass is 16.5. The molecule has 1 heterocycles. The first-order valence-corrected chi connectivity index (χ1v) is 12.9. The molecule has 1 aromatic heterocycles. The number of para-hydroxylation sites is 1. The van der Waals surface area contributed by atoms with E-state index in [1.54, 1.807) is 16.7 Å². The number of hydrogen-bond acceptors (Lipinski definition) is 4. The van der Waals surface area contributed by atoms with Gasteiger partial charge in [-0.05, 0) is 41.8 Å². The molecule has 0 unspecified atom stereocenters. The van der Waals surface area contributed by atoms with Gasteiger partial charge in [0.1, 0.15) is 12.4 Å². The Morgan fingerprint density at radius 1 is 1.00 bits per heavy atom. The third kappa shape index (κ3) is 6.11. The average Bonchev–Trinajstić information content (AvgIpc) is 3.31. The van der Waals surface area contributed by atoms with Gasteiger partial charge in [0.25, 0.3) is 5.91 Å². The first-order chi connectivity index (χ1) is 18.2. The van der Waals surface area contributed by atoms with Crippen LogP contribution in [-0.4, -0.2) is 53.3 Å². The number of anilines is 1. The Bertz CT molecular complexity index is 1430. The minimum absolute atomic E-state index is 0.0877. The lowest BCUT2D eigenvalue weighted by molar-refractivity contribution is -0.117. The fourth-order valence-corrected chi connectivity index (χ4v) is 4.41. The number of nitrogens with one attached hydrogen (secondary N) is 1. The molecule has 0 fully saturated rings. The first-order valence-electron chi connectivity index (χ1n) is 12.9. The van der Waals surface area contributed by atoms with E-state index in [0.29, 0.717) is 31.0 Å². The van der Waals surface area contributed by atoms with Crippen LogP contribution in [0, 0.1) is 6.92 Å². The van der Waals surface area contributed by atoms with Crippen LogP contribution in [0.3, 0.4) is 0 Å². The van der Waals surface area contributed by atoms with Crippen molar-refractivity contribution in [2.45, 2.75) is 39.5 Å². The number of nitrogens with zero attached hydrogens (tertiary/aromatic N) is 3. The number of aryl methyl sites for hydroxylation is 1. The second-order valence-corrected chi connectivity index (χ2v) is 10.5. The summed E-state index contributed by atoms with van der Waals surface area (Å²) in [6.45, 7) is 9.08. The molecule has 0 saturated carbocycles. The van der Waals surface area contributed by atoms with Crippen molar-refractivity contribution in [2.24, 2.45) is 0 Å². The van der Waals surface area contributed by atoms with Crippen LogP contribution in [0.1, 0.15) is 48.8 Å². The van der Waals surface area contributed by atoms with E-state index >= 15 is 0 Å².